The van der Waals surface area contributed by atoms with Crippen LogP contribution in [0.4, 0.5) is 5.69 Å². The number of nitrogens with zero attached hydrogens (tertiary/aromatic N) is 3. The van der Waals surface area contributed by atoms with Crippen molar-refractivity contribution >= 4 is 28.1 Å². The Morgan fingerprint density at radius 2 is 2.24 bits per heavy atom. The predicted octanol–water partition coefficient (Wildman–Crippen LogP) is 2.74. The number of hydrogen-bond donors (Lipinski definition) is 2. The first-order chi connectivity index (χ1) is 10.1. The van der Waals surface area contributed by atoms with Crippen LogP contribution in [0, 0.1) is 0 Å². The number of aliphatic hydroxyl groups is 1. The van der Waals surface area contributed by atoms with Crippen LogP contribution in [-0.4, -0.2) is 19.6 Å². The number of nitrogens with two attached hydrogens (primary N) is 1. The lowest BCUT2D eigenvalue weighted by Gasteiger charge is -2.14. The molecule has 1 unspecified atom stereocenters. The maximum atomic E-state index is 9.60. The summed E-state index contributed by atoms with van der Waals surface area (Å²) in [7, 11) is 0. The molecular weight excluding hydrogens is 284 g/mol. The highest BCUT2D eigenvalue weighted by molar-refractivity contribution is 7.11. The third-order valence-corrected chi connectivity index (χ3v) is 4.90. The van der Waals surface area contributed by atoms with Gasteiger partial charge in [0.25, 0.3) is 0 Å². The van der Waals surface area contributed by atoms with E-state index in [0.29, 0.717) is 11.5 Å². The van der Waals surface area contributed by atoms with Crippen LogP contribution in [0.15, 0.2) is 24.4 Å². The van der Waals surface area contributed by atoms with Gasteiger partial charge in [0, 0.05) is 16.8 Å². The number of aliphatic hydroxyl groups excluding tert-OH is 1. The number of aryl methyl sites for hydroxylation is 1. The molecule has 110 valence electrons. The van der Waals surface area contributed by atoms with E-state index in [9.17, 15) is 5.11 Å². The van der Waals surface area contributed by atoms with Crippen molar-refractivity contribution in [2.45, 2.75) is 32.9 Å². The zero-order chi connectivity index (χ0) is 15.0. The lowest BCUT2D eigenvalue weighted by molar-refractivity contribution is 0.264. The molecule has 1 aromatic carbocycles. The smallest absolute Gasteiger partial charge is 0.136 e. The molecule has 0 amide bonds. The van der Waals surface area contributed by atoms with Gasteiger partial charge < -0.3 is 15.4 Å². The van der Waals surface area contributed by atoms with Gasteiger partial charge in [-0.15, -0.1) is 11.3 Å². The van der Waals surface area contributed by atoms with E-state index in [2.05, 4.69) is 23.8 Å². The standard InChI is InChI=1S/C15H18N4OS/c1-3-11-7-17-15(21-11)9(2)19-13-5-4-10(16)6-12(13)18-14(19)8-20/h4-7,9,20H,3,8,16H2,1-2H3. The van der Waals surface area contributed by atoms with Crippen molar-refractivity contribution in [3.05, 3.63) is 40.1 Å². The van der Waals surface area contributed by atoms with Crippen LogP contribution in [-0.2, 0) is 13.0 Å². The number of hydrogen-bond acceptors (Lipinski definition) is 5. The SMILES string of the molecule is CCc1cnc(C(C)n2c(CO)nc3cc(N)ccc32)s1. The fourth-order valence-corrected chi connectivity index (χ4v) is 3.40. The molecule has 0 bridgehead atoms. The molecule has 0 fully saturated rings. The van der Waals surface area contributed by atoms with E-state index >= 15 is 0 Å². The normalized spacial score (nSPS) is 12.9. The molecule has 5 nitrogen and oxygen atoms in total. The first-order valence-corrected chi connectivity index (χ1v) is 7.77. The molecule has 21 heavy (non-hydrogen) atoms. The van der Waals surface area contributed by atoms with Crippen LogP contribution >= 0.6 is 11.3 Å². The molecule has 0 saturated carbocycles. The number of imidazole rings is 1. The highest BCUT2D eigenvalue weighted by Crippen LogP contribution is 2.29. The summed E-state index contributed by atoms with van der Waals surface area (Å²) in [6.07, 6.45) is 2.91. The van der Waals surface area contributed by atoms with Crippen molar-refractivity contribution in [1.82, 2.24) is 14.5 Å². The van der Waals surface area contributed by atoms with Gasteiger partial charge in [0.1, 0.15) is 17.4 Å². The zero-order valence-electron chi connectivity index (χ0n) is 12.1. The average Bonchev–Trinajstić information content (AvgIpc) is 3.09. The van der Waals surface area contributed by atoms with Crippen molar-refractivity contribution in [2.75, 3.05) is 5.73 Å². The number of rotatable bonds is 4. The van der Waals surface area contributed by atoms with Gasteiger partial charge in [0.05, 0.1) is 17.1 Å². The van der Waals surface area contributed by atoms with E-state index < -0.39 is 0 Å². The van der Waals surface area contributed by atoms with Gasteiger partial charge in [0.15, 0.2) is 0 Å². The molecule has 2 aromatic heterocycles. The Balaban J connectivity index is 2.13. The monoisotopic (exact) mass is 302 g/mol. The van der Waals surface area contributed by atoms with Crippen LogP contribution in [0.1, 0.15) is 35.6 Å². The molecule has 2 heterocycles. The summed E-state index contributed by atoms with van der Waals surface area (Å²) in [6.45, 7) is 4.09. The van der Waals surface area contributed by atoms with Crippen LogP contribution in [0.2, 0.25) is 0 Å². The lowest BCUT2D eigenvalue weighted by atomic mass is 10.2. The first kappa shape index (κ1) is 14.0. The number of thiazole rings is 1. The minimum absolute atomic E-state index is 0.0334. The highest BCUT2D eigenvalue weighted by atomic mass is 32.1. The Morgan fingerprint density at radius 1 is 1.43 bits per heavy atom. The molecule has 0 spiro atoms. The molecule has 0 saturated heterocycles. The van der Waals surface area contributed by atoms with E-state index in [4.69, 9.17) is 5.73 Å². The fraction of sp³-hybridized carbons (Fsp3) is 0.333. The Bertz CT molecular complexity index is 777. The van der Waals surface area contributed by atoms with Crippen LogP contribution < -0.4 is 5.73 Å². The quantitative estimate of drug-likeness (QED) is 0.726. The Morgan fingerprint density at radius 3 is 2.90 bits per heavy atom. The molecule has 3 N–H and O–H groups in total. The van der Waals surface area contributed by atoms with Crippen molar-refractivity contribution in [3.63, 3.8) is 0 Å². The maximum absolute atomic E-state index is 9.60. The van der Waals surface area contributed by atoms with E-state index in [-0.39, 0.29) is 12.6 Å². The minimum Gasteiger partial charge on any atom is -0.399 e. The van der Waals surface area contributed by atoms with Gasteiger partial charge in [0.2, 0.25) is 0 Å². The first-order valence-electron chi connectivity index (χ1n) is 6.95. The van der Waals surface area contributed by atoms with Gasteiger partial charge in [-0.3, -0.25) is 0 Å². The molecule has 0 aliphatic carbocycles. The second-order valence-electron chi connectivity index (χ2n) is 5.00. The molecule has 0 aliphatic rings. The van der Waals surface area contributed by atoms with E-state index in [1.165, 1.54) is 4.88 Å². The van der Waals surface area contributed by atoms with Crippen molar-refractivity contribution in [2.24, 2.45) is 0 Å². The summed E-state index contributed by atoms with van der Waals surface area (Å²) in [5.74, 6) is 0.636. The molecule has 6 heteroatoms. The van der Waals surface area contributed by atoms with Gasteiger partial charge in [-0.25, -0.2) is 9.97 Å². The van der Waals surface area contributed by atoms with Gasteiger partial charge >= 0.3 is 0 Å². The highest BCUT2D eigenvalue weighted by Gasteiger charge is 2.19. The van der Waals surface area contributed by atoms with Crippen LogP contribution in [0.3, 0.4) is 0 Å². The number of benzene rings is 1. The summed E-state index contributed by atoms with van der Waals surface area (Å²) in [5.41, 5.74) is 8.25. The zero-order valence-corrected chi connectivity index (χ0v) is 12.9. The summed E-state index contributed by atoms with van der Waals surface area (Å²) >= 11 is 1.70. The molecule has 3 aromatic rings. The van der Waals surface area contributed by atoms with Crippen molar-refractivity contribution < 1.29 is 5.11 Å². The number of aromatic nitrogens is 3. The second kappa shape index (κ2) is 5.46. The van der Waals surface area contributed by atoms with Crippen molar-refractivity contribution in [1.29, 1.82) is 0 Å². The third-order valence-electron chi connectivity index (χ3n) is 3.59. The Kier molecular flexibility index (Phi) is 3.65. The topological polar surface area (TPSA) is 77.0 Å². The predicted molar refractivity (Wildman–Crippen MR) is 85.4 cm³/mol. The van der Waals surface area contributed by atoms with Gasteiger partial charge in [-0.1, -0.05) is 6.92 Å². The van der Waals surface area contributed by atoms with Crippen molar-refractivity contribution in [3.8, 4) is 0 Å². The minimum atomic E-state index is -0.106. The summed E-state index contributed by atoms with van der Waals surface area (Å²) in [4.78, 5) is 10.2. The van der Waals surface area contributed by atoms with E-state index in [1.807, 2.05) is 29.0 Å². The Labute approximate surface area is 127 Å². The number of anilines is 1. The van der Waals surface area contributed by atoms with E-state index in [0.717, 1.165) is 22.5 Å². The second-order valence-corrected chi connectivity index (χ2v) is 6.15. The largest absolute Gasteiger partial charge is 0.399 e. The van der Waals surface area contributed by atoms with Crippen LogP contribution in [0.25, 0.3) is 11.0 Å². The molecule has 0 aliphatic heterocycles. The van der Waals surface area contributed by atoms with E-state index in [1.54, 1.807) is 11.3 Å². The molecular formula is C15H18N4OS. The molecule has 3 rings (SSSR count). The summed E-state index contributed by atoms with van der Waals surface area (Å²) in [6, 6.07) is 5.66. The number of fused-ring (bicyclic) bond motifs is 1. The molecule has 0 radical (unpaired) electrons. The third kappa shape index (κ3) is 2.41. The summed E-state index contributed by atoms with van der Waals surface area (Å²) in [5, 5.41) is 10.6. The molecule has 1 atom stereocenters. The van der Waals surface area contributed by atoms with Gasteiger partial charge in [-0.05, 0) is 31.5 Å². The summed E-state index contributed by atoms with van der Waals surface area (Å²) < 4.78 is 2.03. The van der Waals surface area contributed by atoms with Crippen LogP contribution in [0.5, 0.6) is 0 Å². The average molecular weight is 302 g/mol. The lowest BCUT2D eigenvalue weighted by Crippen LogP contribution is -2.10. The fourth-order valence-electron chi connectivity index (χ4n) is 2.50. The van der Waals surface area contributed by atoms with Gasteiger partial charge in [-0.2, -0.15) is 0 Å². The maximum Gasteiger partial charge on any atom is 0.136 e. The Hall–Kier alpha value is -1.92. The number of nitrogen functional groups attached to an aromatic ring is 1.